The molecule has 120 valence electrons. The summed E-state index contributed by atoms with van der Waals surface area (Å²) in [5.74, 6) is 0.353. The van der Waals surface area contributed by atoms with Crippen LogP contribution in [0.4, 0.5) is 10.1 Å². The highest BCUT2D eigenvalue weighted by atomic mass is 32.2. The van der Waals surface area contributed by atoms with Gasteiger partial charge in [0, 0.05) is 12.3 Å². The van der Waals surface area contributed by atoms with Crippen LogP contribution >= 0.6 is 11.8 Å². The second-order valence-electron chi connectivity index (χ2n) is 5.50. The topological polar surface area (TPSA) is 40.5 Å². The van der Waals surface area contributed by atoms with Gasteiger partial charge in [0.15, 0.2) is 0 Å². The van der Waals surface area contributed by atoms with Gasteiger partial charge in [-0.25, -0.2) is 4.39 Å². The number of halogens is 1. The third-order valence-corrected chi connectivity index (χ3v) is 5.30. The first-order valence-electron chi connectivity index (χ1n) is 7.55. The minimum absolute atomic E-state index is 0.0212. The summed E-state index contributed by atoms with van der Waals surface area (Å²) in [6.07, 6.45) is 0.729. The molecule has 2 aromatic rings. The lowest BCUT2D eigenvalue weighted by atomic mass is 10.2. The Morgan fingerprint density at radius 3 is 2.52 bits per heavy atom. The zero-order valence-corrected chi connectivity index (χ0v) is 13.4. The van der Waals surface area contributed by atoms with Crippen LogP contribution in [-0.2, 0) is 17.2 Å². The van der Waals surface area contributed by atoms with Gasteiger partial charge in [0.2, 0.25) is 5.91 Å². The van der Waals surface area contributed by atoms with Gasteiger partial charge in [0.25, 0.3) is 0 Å². The Morgan fingerprint density at radius 2 is 1.83 bits per heavy atom. The second kappa shape index (κ2) is 7.15. The van der Waals surface area contributed by atoms with Gasteiger partial charge in [-0.15, -0.1) is 11.8 Å². The number of anilines is 1. The van der Waals surface area contributed by atoms with E-state index < -0.39 is 0 Å². The minimum Gasteiger partial charge on any atom is -0.392 e. The highest BCUT2D eigenvalue weighted by Gasteiger charge is 2.33. The van der Waals surface area contributed by atoms with Crippen molar-refractivity contribution in [2.75, 3.05) is 11.4 Å². The summed E-state index contributed by atoms with van der Waals surface area (Å²) in [6.45, 7) is 0.590. The maximum absolute atomic E-state index is 13.8. The molecule has 1 N–H and O–H groups in total. The van der Waals surface area contributed by atoms with Gasteiger partial charge in [-0.3, -0.25) is 4.79 Å². The van der Waals surface area contributed by atoms with E-state index in [0.29, 0.717) is 12.2 Å². The van der Waals surface area contributed by atoms with E-state index in [-0.39, 0.29) is 23.6 Å². The Labute approximate surface area is 139 Å². The first kappa shape index (κ1) is 16.0. The summed E-state index contributed by atoms with van der Waals surface area (Å²) < 4.78 is 13.8. The van der Waals surface area contributed by atoms with Crippen LogP contribution in [0.5, 0.6) is 0 Å². The van der Waals surface area contributed by atoms with Crippen molar-refractivity contribution in [2.24, 2.45) is 0 Å². The van der Waals surface area contributed by atoms with Gasteiger partial charge in [0.1, 0.15) is 5.82 Å². The summed E-state index contributed by atoms with van der Waals surface area (Å²) >= 11 is 1.59. The monoisotopic (exact) mass is 331 g/mol. The van der Waals surface area contributed by atoms with Crippen LogP contribution in [0.2, 0.25) is 0 Å². The summed E-state index contributed by atoms with van der Waals surface area (Å²) in [7, 11) is 0. The van der Waals surface area contributed by atoms with E-state index in [9.17, 15) is 9.18 Å². The lowest BCUT2D eigenvalue weighted by Crippen LogP contribution is -2.28. The standard InChI is InChI=1S/C18H18FNO2S/c19-15-3-1-2-4-16(15)20-10-9-17(18(20)22)23-12-14-7-5-13(11-21)6-8-14/h1-8,17,21H,9-12H2. The molecule has 3 nitrogen and oxygen atoms in total. The Bertz CT molecular complexity index is 690. The van der Waals surface area contributed by atoms with Crippen LogP contribution in [-0.4, -0.2) is 22.8 Å². The van der Waals surface area contributed by atoms with Crippen molar-refractivity contribution in [3.8, 4) is 0 Å². The average molecular weight is 331 g/mol. The minimum atomic E-state index is -0.355. The lowest BCUT2D eigenvalue weighted by molar-refractivity contribution is -0.116. The quantitative estimate of drug-likeness (QED) is 0.913. The van der Waals surface area contributed by atoms with Gasteiger partial charge in [-0.1, -0.05) is 36.4 Å². The van der Waals surface area contributed by atoms with Gasteiger partial charge >= 0.3 is 0 Å². The first-order valence-corrected chi connectivity index (χ1v) is 8.60. The molecule has 1 amide bonds. The number of benzene rings is 2. The third-order valence-electron chi connectivity index (χ3n) is 3.96. The van der Waals surface area contributed by atoms with E-state index in [0.717, 1.165) is 23.3 Å². The van der Waals surface area contributed by atoms with Gasteiger partial charge in [-0.05, 0) is 29.7 Å². The number of thioether (sulfide) groups is 1. The summed E-state index contributed by atoms with van der Waals surface area (Å²) in [4.78, 5) is 14.0. The number of aliphatic hydroxyl groups is 1. The molecule has 1 saturated heterocycles. The van der Waals surface area contributed by atoms with Crippen LogP contribution in [0.3, 0.4) is 0 Å². The summed E-state index contributed by atoms with van der Waals surface area (Å²) in [6, 6.07) is 14.1. The Kier molecular flexibility index (Phi) is 4.98. The van der Waals surface area contributed by atoms with Crippen molar-refractivity contribution < 1.29 is 14.3 Å². The van der Waals surface area contributed by atoms with Crippen molar-refractivity contribution in [3.63, 3.8) is 0 Å². The zero-order valence-electron chi connectivity index (χ0n) is 12.6. The van der Waals surface area contributed by atoms with Gasteiger partial charge in [0.05, 0.1) is 17.5 Å². The summed E-state index contributed by atoms with van der Waals surface area (Å²) in [5, 5.41) is 8.91. The molecule has 1 aliphatic rings. The largest absolute Gasteiger partial charge is 0.392 e. The molecule has 0 aromatic heterocycles. The van der Waals surface area contributed by atoms with Gasteiger partial charge < -0.3 is 10.0 Å². The number of aliphatic hydroxyl groups excluding tert-OH is 1. The molecule has 1 unspecified atom stereocenters. The van der Waals surface area contributed by atoms with Crippen molar-refractivity contribution in [2.45, 2.75) is 24.0 Å². The molecule has 1 atom stereocenters. The molecule has 5 heteroatoms. The average Bonchev–Trinajstić information content (AvgIpc) is 2.94. The molecule has 0 radical (unpaired) electrons. The number of amides is 1. The van der Waals surface area contributed by atoms with E-state index in [2.05, 4.69) is 0 Å². The number of para-hydroxylation sites is 1. The van der Waals surface area contributed by atoms with Crippen LogP contribution < -0.4 is 4.90 Å². The molecule has 0 spiro atoms. The molecule has 1 fully saturated rings. The molecule has 2 aromatic carbocycles. The number of nitrogens with zero attached hydrogens (tertiary/aromatic N) is 1. The Morgan fingerprint density at radius 1 is 1.13 bits per heavy atom. The molecule has 3 rings (SSSR count). The molecular formula is C18H18FNO2S. The number of rotatable bonds is 5. The fourth-order valence-electron chi connectivity index (χ4n) is 2.66. The predicted octanol–water partition coefficient (Wildman–Crippen LogP) is 3.36. The van der Waals surface area contributed by atoms with E-state index in [1.807, 2.05) is 24.3 Å². The number of carbonyl (C=O) groups excluding carboxylic acids is 1. The van der Waals surface area contributed by atoms with E-state index in [1.165, 1.54) is 6.07 Å². The Balaban J connectivity index is 1.62. The number of hydrogen-bond acceptors (Lipinski definition) is 3. The van der Waals surface area contributed by atoms with E-state index >= 15 is 0 Å². The van der Waals surface area contributed by atoms with Crippen LogP contribution in [0.1, 0.15) is 17.5 Å². The molecule has 1 aliphatic heterocycles. The van der Waals surface area contributed by atoms with Crippen LogP contribution in [0, 0.1) is 5.82 Å². The molecule has 0 bridgehead atoms. The molecule has 1 heterocycles. The molecular weight excluding hydrogens is 313 g/mol. The Hall–Kier alpha value is -1.85. The highest BCUT2D eigenvalue weighted by molar-refractivity contribution is 7.99. The van der Waals surface area contributed by atoms with Crippen LogP contribution in [0.25, 0.3) is 0 Å². The first-order chi connectivity index (χ1) is 11.2. The molecule has 0 saturated carbocycles. The molecule has 0 aliphatic carbocycles. The maximum atomic E-state index is 13.8. The van der Waals surface area contributed by atoms with E-state index in [4.69, 9.17) is 5.11 Å². The fourth-order valence-corrected chi connectivity index (χ4v) is 3.78. The highest BCUT2D eigenvalue weighted by Crippen LogP contribution is 2.31. The van der Waals surface area contributed by atoms with Crippen molar-refractivity contribution in [3.05, 3.63) is 65.5 Å². The predicted molar refractivity (Wildman–Crippen MR) is 90.8 cm³/mol. The van der Waals surface area contributed by atoms with Crippen molar-refractivity contribution in [1.29, 1.82) is 0 Å². The van der Waals surface area contributed by atoms with E-state index in [1.54, 1.807) is 34.9 Å². The van der Waals surface area contributed by atoms with Crippen molar-refractivity contribution >= 4 is 23.4 Å². The summed E-state index contributed by atoms with van der Waals surface area (Å²) in [5.41, 5.74) is 2.36. The van der Waals surface area contributed by atoms with Gasteiger partial charge in [-0.2, -0.15) is 0 Å². The lowest BCUT2D eigenvalue weighted by Gasteiger charge is -2.17. The second-order valence-corrected chi connectivity index (χ2v) is 6.70. The third kappa shape index (κ3) is 3.57. The number of carbonyl (C=O) groups is 1. The van der Waals surface area contributed by atoms with Crippen LogP contribution in [0.15, 0.2) is 48.5 Å². The zero-order chi connectivity index (χ0) is 16.2. The number of hydrogen-bond donors (Lipinski definition) is 1. The smallest absolute Gasteiger partial charge is 0.240 e. The normalized spacial score (nSPS) is 17.7. The maximum Gasteiger partial charge on any atom is 0.240 e. The fraction of sp³-hybridized carbons (Fsp3) is 0.278. The SMILES string of the molecule is O=C1C(SCc2ccc(CO)cc2)CCN1c1ccccc1F. The van der Waals surface area contributed by atoms with Crippen molar-refractivity contribution in [1.82, 2.24) is 0 Å². The molecule has 23 heavy (non-hydrogen) atoms.